The molecule has 0 spiro atoms. The number of nitrogens with zero attached hydrogens (tertiary/aromatic N) is 1. The van der Waals surface area contributed by atoms with Crippen LogP contribution in [-0.2, 0) is 4.79 Å². The SMILES string of the molecule is CC1(C)CCN(C(=O)NCC(=O)O)C1. The fourth-order valence-electron chi connectivity index (χ4n) is 1.55. The zero-order valence-corrected chi connectivity index (χ0v) is 8.54. The Morgan fingerprint density at radius 2 is 2.14 bits per heavy atom. The molecular weight excluding hydrogens is 184 g/mol. The highest BCUT2D eigenvalue weighted by molar-refractivity contribution is 5.80. The van der Waals surface area contributed by atoms with E-state index < -0.39 is 5.97 Å². The molecule has 0 aromatic rings. The number of carbonyl (C=O) groups excluding carboxylic acids is 1. The topological polar surface area (TPSA) is 69.6 Å². The molecule has 1 heterocycles. The molecule has 0 atom stereocenters. The third kappa shape index (κ3) is 2.90. The van der Waals surface area contributed by atoms with Crippen molar-refractivity contribution in [3.8, 4) is 0 Å². The van der Waals surface area contributed by atoms with E-state index in [1.165, 1.54) is 0 Å². The number of nitrogens with one attached hydrogen (secondary N) is 1. The van der Waals surface area contributed by atoms with Gasteiger partial charge in [-0.15, -0.1) is 0 Å². The highest BCUT2D eigenvalue weighted by Gasteiger charge is 2.31. The van der Waals surface area contributed by atoms with Crippen LogP contribution in [-0.4, -0.2) is 41.6 Å². The average Bonchev–Trinajstić information content (AvgIpc) is 2.41. The van der Waals surface area contributed by atoms with Crippen LogP contribution in [0.1, 0.15) is 20.3 Å². The number of hydrogen-bond donors (Lipinski definition) is 2. The Morgan fingerprint density at radius 3 is 2.57 bits per heavy atom. The smallest absolute Gasteiger partial charge is 0.323 e. The van der Waals surface area contributed by atoms with E-state index in [1.807, 2.05) is 0 Å². The average molecular weight is 200 g/mol. The van der Waals surface area contributed by atoms with Crippen LogP contribution in [0.2, 0.25) is 0 Å². The van der Waals surface area contributed by atoms with E-state index in [0.29, 0.717) is 13.1 Å². The first-order chi connectivity index (χ1) is 6.41. The molecule has 2 amide bonds. The van der Waals surface area contributed by atoms with Crippen LogP contribution in [0.5, 0.6) is 0 Å². The predicted molar refractivity (Wildman–Crippen MR) is 51.0 cm³/mol. The molecule has 0 bridgehead atoms. The van der Waals surface area contributed by atoms with Crippen molar-refractivity contribution in [3.05, 3.63) is 0 Å². The second-order valence-electron chi connectivity index (χ2n) is 4.39. The van der Waals surface area contributed by atoms with E-state index in [4.69, 9.17) is 5.11 Å². The number of carboxylic acids is 1. The number of amides is 2. The first-order valence-electron chi connectivity index (χ1n) is 4.65. The molecule has 1 saturated heterocycles. The lowest BCUT2D eigenvalue weighted by Gasteiger charge is -2.19. The molecule has 1 aliphatic heterocycles. The van der Waals surface area contributed by atoms with Crippen LogP contribution in [0.25, 0.3) is 0 Å². The second-order valence-corrected chi connectivity index (χ2v) is 4.39. The standard InChI is InChI=1S/C9H16N2O3/c1-9(2)3-4-11(6-9)8(14)10-5-7(12)13/h3-6H2,1-2H3,(H,10,14)(H,12,13). The Balaban J connectivity index is 2.36. The van der Waals surface area contributed by atoms with E-state index in [0.717, 1.165) is 6.42 Å². The lowest BCUT2D eigenvalue weighted by atomic mass is 9.93. The summed E-state index contributed by atoms with van der Waals surface area (Å²) in [5.41, 5.74) is 0.153. The van der Waals surface area contributed by atoms with E-state index >= 15 is 0 Å². The van der Waals surface area contributed by atoms with Gasteiger partial charge in [-0.05, 0) is 11.8 Å². The van der Waals surface area contributed by atoms with Crippen LogP contribution >= 0.6 is 0 Å². The van der Waals surface area contributed by atoms with Gasteiger partial charge in [0.2, 0.25) is 0 Å². The Hall–Kier alpha value is -1.26. The van der Waals surface area contributed by atoms with E-state index in [9.17, 15) is 9.59 Å². The van der Waals surface area contributed by atoms with Gasteiger partial charge in [0.05, 0.1) is 0 Å². The molecule has 80 valence electrons. The van der Waals surface area contributed by atoms with Gasteiger partial charge in [0.1, 0.15) is 6.54 Å². The van der Waals surface area contributed by atoms with Crippen LogP contribution < -0.4 is 5.32 Å². The van der Waals surface area contributed by atoms with Crippen molar-refractivity contribution in [2.45, 2.75) is 20.3 Å². The molecule has 0 aromatic carbocycles. The van der Waals surface area contributed by atoms with Gasteiger partial charge in [-0.25, -0.2) is 4.79 Å². The summed E-state index contributed by atoms with van der Waals surface area (Å²) in [7, 11) is 0. The molecule has 2 N–H and O–H groups in total. The molecule has 0 unspecified atom stereocenters. The number of likely N-dealkylation sites (tertiary alicyclic amines) is 1. The first-order valence-corrected chi connectivity index (χ1v) is 4.65. The molecule has 1 aliphatic rings. The second kappa shape index (κ2) is 3.86. The molecule has 0 saturated carbocycles. The van der Waals surface area contributed by atoms with Crippen LogP contribution in [0, 0.1) is 5.41 Å². The molecule has 0 radical (unpaired) electrons. The third-order valence-corrected chi connectivity index (χ3v) is 2.36. The maximum Gasteiger partial charge on any atom is 0.323 e. The van der Waals surface area contributed by atoms with Crippen molar-refractivity contribution < 1.29 is 14.7 Å². The first kappa shape index (κ1) is 10.8. The summed E-state index contributed by atoms with van der Waals surface area (Å²) in [6.07, 6.45) is 0.966. The zero-order valence-electron chi connectivity index (χ0n) is 8.54. The molecule has 5 heteroatoms. The Morgan fingerprint density at radius 1 is 1.50 bits per heavy atom. The monoisotopic (exact) mass is 200 g/mol. The molecule has 0 aliphatic carbocycles. The summed E-state index contributed by atoms with van der Waals surface area (Å²) >= 11 is 0. The highest BCUT2D eigenvalue weighted by atomic mass is 16.4. The van der Waals surface area contributed by atoms with Crippen molar-refractivity contribution >= 4 is 12.0 Å². The zero-order chi connectivity index (χ0) is 10.8. The maximum atomic E-state index is 11.4. The van der Waals surface area contributed by atoms with E-state index in [2.05, 4.69) is 19.2 Å². The third-order valence-electron chi connectivity index (χ3n) is 2.36. The Bertz CT molecular complexity index is 250. The van der Waals surface area contributed by atoms with Crippen molar-refractivity contribution in [2.24, 2.45) is 5.41 Å². The Kier molecular flexibility index (Phi) is 2.98. The van der Waals surface area contributed by atoms with Crippen molar-refractivity contribution in [2.75, 3.05) is 19.6 Å². The number of hydrogen-bond acceptors (Lipinski definition) is 2. The fourth-order valence-corrected chi connectivity index (χ4v) is 1.55. The van der Waals surface area contributed by atoms with Gasteiger partial charge in [0.15, 0.2) is 0 Å². The lowest BCUT2D eigenvalue weighted by Crippen LogP contribution is -2.41. The number of aliphatic carboxylic acids is 1. The van der Waals surface area contributed by atoms with Crippen LogP contribution in [0.3, 0.4) is 0 Å². The van der Waals surface area contributed by atoms with Gasteiger partial charge in [-0.2, -0.15) is 0 Å². The quantitative estimate of drug-likeness (QED) is 0.682. The maximum absolute atomic E-state index is 11.4. The lowest BCUT2D eigenvalue weighted by molar-refractivity contribution is -0.135. The fraction of sp³-hybridized carbons (Fsp3) is 0.778. The minimum Gasteiger partial charge on any atom is -0.480 e. The normalized spacial score (nSPS) is 19.4. The van der Waals surface area contributed by atoms with Gasteiger partial charge >= 0.3 is 12.0 Å². The molecule has 14 heavy (non-hydrogen) atoms. The number of carboxylic acid groups (broad SMARTS) is 1. The van der Waals surface area contributed by atoms with Gasteiger partial charge in [0, 0.05) is 13.1 Å². The number of carbonyl (C=O) groups is 2. The van der Waals surface area contributed by atoms with Gasteiger partial charge in [-0.1, -0.05) is 13.8 Å². The molecular formula is C9H16N2O3. The van der Waals surface area contributed by atoms with Gasteiger partial charge < -0.3 is 15.3 Å². The highest BCUT2D eigenvalue weighted by Crippen LogP contribution is 2.28. The minimum absolute atomic E-state index is 0.153. The largest absolute Gasteiger partial charge is 0.480 e. The van der Waals surface area contributed by atoms with E-state index in [-0.39, 0.29) is 18.0 Å². The van der Waals surface area contributed by atoms with Crippen LogP contribution in [0.4, 0.5) is 4.79 Å². The molecule has 1 rings (SSSR count). The number of urea groups is 1. The van der Waals surface area contributed by atoms with Crippen molar-refractivity contribution in [1.82, 2.24) is 10.2 Å². The van der Waals surface area contributed by atoms with Gasteiger partial charge in [-0.3, -0.25) is 4.79 Å². The summed E-state index contributed by atoms with van der Waals surface area (Å²) < 4.78 is 0. The van der Waals surface area contributed by atoms with E-state index in [1.54, 1.807) is 4.90 Å². The predicted octanol–water partition coefficient (Wildman–Crippen LogP) is 0.512. The summed E-state index contributed by atoms with van der Waals surface area (Å²) in [6, 6.07) is -0.280. The van der Waals surface area contributed by atoms with Crippen molar-refractivity contribution in [3.63, 3.8) is 0 Å². The Labute approximate surface area is 83.1 Å². The summed E-state index contributed by atoms with van der Waals surface area (Å²) in [4.78, 5) is 23.3. The molecule has 5 nitrogen and oxygen atoms in total. The minimum atomic E-state index is -1.02. The number of rotatable bonds is 2. The molecule has 1 fully saturated rings. The summed E-state index contributed by atoms with van der Waals surface area (Å²) in [6.45, 7) is 5.28. The molecule has 0 aromatic heterocycles. The summed E-state index contributed by atoms with van der Waals surface area (Å²) in [5.74, 6) is -1.02. The summed E-state index contributed by atoms with van der Waals surface area (Å²) in [5, 5.41) is 10.7. The van der Waals surface area contributed by atoms with Crippen LogP contribution in [0.15, 0.2) is 0 Å². The van der Waals surface area contributed by atoms with Crippen molar-refractivity contribution in [1.29, 1.82) is 0 Å². The van der Waals surface area contributed by atoms with Gasteiger partial charge in [0.25, 0.3) is 0 Å².